The molecular formula is C14H17N3OS. The summed E-state index contributed by atoms with van der Waals surface area (Å²) in [6.07, 6.45) is 0.761. The summed E-state index contributed by atoms with van der Waals surface area (Å²) in [6, 6.07) is 7.34. The first-order chi connectivity index (χ1) is 9.19. The molecule has 0 saturated carbocycles. The van der Waals surface area contributed by atoms with Crippen molar-refractivity contribution < 1.29 is 4.79 Å². The molecule has 100 valence electrons. The molecule has 0 saturated heterocycles. The highest BCUT2D eigenvalue weighted by molar-refractivity contribution is 7.09. The minimum absolute atomic E-state index is 0.0597. The third-order valence-electron chi connectivity index (χ3n) is 2.79. The van der Waals surface area contributed by atoms with Crippen molar-refractivity contribution in [1.82, 2.24) is 10.3 Å². The van der Waals surface area contributed by atoms with E-state index < -0.39 is 0 Å². The molecule has 0 aliphatic heterocycles. The van der Waals surface area contributed by atoms with Crippen LogP contribution in [0.25, 0.3) is 0 Å². The van der Waals surface area contributed by atoms with Gasteiger partial charge in [-0.3, -0.25) is 4.79 Å². The fraction of sp³-hybridized carbons (Fsp3) is 0.286. The lowest BCUT2D eigenvalue weighted by molar-refractivity contribution is 0.0954. The summed E-state index contributed by atoms with van der Waals surface area (Å²) in [6.45, 7) is 3.07. The van der Waals surface area contributed by atoms with Crippen molar-refractivity contribution in [2.75, 3.05) is 6.54 Å². The normalized spacial score (nSPS) is 10.4. The SMILES string of the molecule is Cc1nc(CCNC(=O)c2ccc(CN)cc2)cs1. The summed E-state index contributed by atoms with van der Waals surface area (Å²) >= 11 is 1.63. The molecule has 2 aromatic rings. The number of nitrogens with one attached hydrogen (secondary N) is 1. The van der Waals surface area contributed by atoms with E-state index in [1.807, 2.05) is 24.4 Å². The molecule has 1 amide bonds. The van der Waals surface area contributed by atoms with Crippen LogP contribution in [0.3, 0.4) is 0 Å². The van der Waals surface area contributed by atoms with Crippen LogP contribution in [0.5, 0.6) is 0 Å². The topological polar surface area (TPSA) is 68.0 Å². The van der Waals surface area contributed by atoms with Crippen molar-refractivity contribution in [1.29, 1.82) is 0 Å². The van der Waals surface area contributed by atoms with Crippen LogP contribution >= 0.6 is 11.3 Å². The van der Waals surface area contributed by atoms with Crippen LogP contribution < -0.4 is 11.1 Å². The molecule has 0 fully saturated rings. The molecule has 0 spiro atoms. The van der Waals surface area contributed by atoms with E-state index in [0.717, 1.165) is 22.7 Å². The summed E-state index contributed by atoms with van der Waals surface area (Å²) in [5.41, 5.74) is 8.23. The summed E-state index contributed by atoms with van der Waals surface area (Å²) in [5, 5.41) is 5.97. The molecule has 1 heterocycles. The molecule has 1 aromatic carbocycles. The number of rotatable bonds is 5. The van der Waals surface area contributed by atoms with Crippen LogP contribution in [0.4, 0.5) is 0 Å². The zero-order valence-electron chi connectivity index (χ0n) is 10.8. The summed E-state index contributed by atoms with van der Waals surface area (Å²) in [4.78, 5) is 16.2. The Kier molecular flexibility index (Phi) is 4.65. The number of benzene rings is 1. The van der Waals surface area contributed by atoms with Gasteiger partial charge >= 0.3 is 0 Å². The van der Waals surface area contributed by atoms with Gasteiger partial charge in [0.05, 0.1) is 10.7 Å². The van der Waals surface area contributed by atoms with Crippen LogP contribution in [-0.4, -0.2) is 17.4 Å². The van der Waals surface area contributed by atoms with Crippen molar-refractivity contribution >= 4 is 17.2 Å². The van der Waals surface area contributed by atoms with Gasteiger partial charge in [-0.05, 0) is 24.6 Å². The maximum atomic E-state index is 11.9. The average molecular weight is 275 g/mol. The lowest BCUT2D eigenvalue weighted by Gasteiger charge is -2.04. The molecule has 0 bridgehead atoms. The lowest BCUT2D eigenvalue weighted by Crippen LogP contribution is -2.25. The molecule has 1 aromatic heterocycles. The van der Waals surface area contributed by atoms with Crippen LogP contribution in [0.2, 0.25) is 0 Å². The van der Waals surface area contributed by atoms with E-state index in [1.54, 1.807) is 23.5 Å². The smallest absolute Gasteiger partial charge is 0.251 e. The van der Waals surface area contributed by atoms with Crippen molar-refractivity contribution in [2.24, 2.45) is 5.73 Å². The van der Waals surface area contributed by atoms with E-state index in [-0.39, 0.29) is 5.91 Å². The molecule has 0 aliphatic carbocycles. The quantitative estimate of drug-likeness (QED) is 0.875. The second-order valence-corrected chi connectivity index (χ2v) is 5.33. The third kappa shape index (κ3) is 3.87. The maximum absolute atomic E-state index is 11.9. The van der Waals surface area contributed by atoms with Crippen LogP contribution in [0, 0.1) is 6.92 Å². The highest BCUT2D eigenvalue weighted by Gasteiger charge is 2.05. The molecule has 0 atom stereocenters. The number of nitrogens with zero attached hydrogens (tertiary/aromatic N) is 1. The zero-order valence-corrected chi connectivity index (χ0v) is 11.7. The predicted molar refractivity (Wildman–Crippen MR) is 77.2 cm³/mol. The third-order valence-corrected chi connectivity index (χ3v) is 3.61. The van der Waals surface area contributed by atoms with Crippen LogP contribution in [-0.2, 0) is 13.0 Å². The molecule has 19 heavy (non-hydrogen) atoms. The Balaban J connectivity index is 1.83. The first kappa shape index (κ1) is 13.7. The number of thiazole rings is 1. The molecule has 5 heteroatoms. The van der Waals surface area contributed by atoms with Gasteiger partial charge in [-0.1, -0.05) is 12.1 Å². The number of carbonyl (C=O) groups excluding carboxylic acids is 1. The number of hydrogen-bond donors (Lipinski definition) is 2. The summed E-state index contributed by atoms with van der Waals surface area (Å²) < 4.78 is 0. The van der Waals surface area contributed by atoms with E-state index in [0.29, 0.717) is 18.7 Å². The number of amides is 1. The summed E-state index contributed by atoms with van der Waals surface area (Å²) in [7, 11) is 0. The molecule has 0 aliphatic rings. The van der Waals surface area contributed by atoms with Gasteiger partial charge in [-0.25, -0.2) is 4.98 Å². The largest absolute Gasteiger partial charge is 0.352 e. The molecule has 3 N–H and O–H groups in total. The first-order valence-corrected chi connectivity index (χ1v) is 7.05. The van der Waals surface area contributed by atoms with Gasteiger partial charge in [0.25, 0.3) is 5.91 Å². The number of nitrogens with two attached hydrogens (primary N) is 1. The van der Waals surface area contributed by atoms with Gasteiger partial charge in [-0.15, -0.1) is 11.3 Å². The fourth-order valence-electron chi connectivity index (χ4n) is 1.72. The second-order valence-electron chi connectivity index (χ2n) is 4.26. The average Bonchev–Trinajstić information content (AvgIpc) is 2.84. The first-order valence-electron chi connectivity index (χ1n) is 6.17. The van der Waals surface area contributed by atoms with Crippen molar-refractivity contribution in [3.05, 3.63) is 51.5 Å². The van der Waals surface area contributed by atoms with Crippen molar-refractivity contribution in [3.8, 4) is 0 Å². The Bertz CT molecular complexity index is 548. The maximum Gasteiger partial charge on any atom is 0.251 e. The number of aryl methyl sites for hydroxylation is 1. The minimum Gasteiger partial charge on any atom is -0.352 e. The molecular weight excluding hydrogens is 258 g/mol. The fourth-order valence-corrected chi connectivity index (χ4v) is 2.37. The van der Waals surface area contributed by atoms with Gasteiger partial charge < -0.3 is 11.1 Å². The van der Waals surface area contributed by atoms with E-state index in [9.17, 15) is 4.79 Å². The Labute approximate surface area is 116 Å². The summed E-state index contributed by atoms with van der Waals surface area (Å²) in [5.74, 6) is -0.0597. The zero-order chi connectivity index (χ0) is 13.7. The van der Waals surface area contributed by atoms with Gasteiger partial charge in [0.15, 0.2) is 0 Å². The van der Waals surface area contributed by atoms with Gasteiger partial charge in [0.1, 0.15) is 0 Å². The van der Waals surface area contributed by atoms with Crippen LogP contribution in [0.1, 0.15) is 26.6 Å². The van der Waals surface area contributed by atoms with Gasteiger partial charge in [-0.2, -0.15) is 0 Å². The number of aromatic nitrogens is 1. The highest BCUT2D eigenvalue weighted by Crippen LogP contribution is 2.08. The minimum atomic E-state index is -0.0597. The van der Waals surface area contributed by atoms with E-state index in [2.05, 4.69) is 10.3 Å². The Morgan fingerprint density at radius 2 is 2.11 bits per heavy atom. The Morgan fingerprint density at radius 3 is 2.68 bits per heavy atom. The van der Waals surface area contributed by atoms with Gasteiger partial charge in [0.2, 0.25) is 0 Å². The lowest BCUT2D eigenvalue weighted by atomic mass is 10.1. The standard InChI is InChI=1S/C14H17N3OS/c1-10-17-13(9-19-10)6-7-16-14(18)12-4-2-11(8-15)3-5-12/h2-5,9H,6-8,15H2,1H3,(H,16,18). The molecule has 4 nitrogen and oxygen atoms in total. The predicted octanol–water partition coefficient (Wildman–Crippen LogP) is 1.88. The number of carbonyl (C=O) groups is 1. The van der Waals surface area contributed by atoms with Crippen LogP contribution in [0.15, 0.2) is 29.6 Å². The Morgan fingerprint density at radius 1 is 1.37 bits per heavy atom. The molecule has 2 rings (SSSR count). The highest BCUT2D eigenvalue weighted by atomic mass is 32.1. The Hall–Kier alpha value is -1.72. The van der Waals surface area contributed by atoms with E-state index in [1.165, 1.54) is 0 Å². The van der Waals surface area contributed by atoms with E-state index in [4.69, 9.17) is 5.73 Å². The van der Waals surface area contributed by atoms with Crippen molar-refractivity contribution in [2.45, 2.75) is 19.9 Å². The molecule has 0 radical (unpaired) electrons. The van der Waals surface area contributed by atoms with Gasteiger partial charge in [0, 0.05) is 30.5 Å². The monoisotopic (exact) mass is 275 g/mol. The van der Waals surface area contributed by atoms with Crippen molar-refractivity contribution in [3.63, 3.8) is 0 Å². The molecule has 0 unspecified atom stereocenters. The number of hydrogen-bond acceptors (Lipinski definition) is 4. The second kappa shape index (κ2) is 6.45. The van der Waals surface area contributed by atoms with E-state index >= 15 is 0 Å².